The summed E-state index contributed by atoms with van der Waals surface area (Å²) < 4.78 is 11.1. The summed E-state index contributed by atoms with van der Waals surface area (Å²) in [7, 11) is 0. The molecule has 1 saturated heterocycles. The zero-order valence-corrected chi connectivity index (χ0v) is 10.6. The van der Waals surface area contributed by atoms with Gasteiger partial charge in [-0.15, -0.1) is 0 Å². The Morgan fingerprint density at radius 3 is 2.94 bits per heavy atom. The lowest BCUT2D eigenvalue weighted by Crippen LogP contribution is -2.41. The van der Waals surface area contributed by atoms with Gasteiger partial charge in [0.1, 0.15) is 0 Å². The standard InChI is InChI=1S/C13H25NO3/c14-10-13(15)6-1-3-11(13)5-8-16-9-12-4-2-7-17-12/h11-12,15H,1-10,14H2. The van der Waals surface area contributed by atoms with Gasteiger partial charge in [-0.1, -0.05) is 6.42 Å². The highest BCUT2D eigenvalue weighted by molar-refractivity contribution is 4.92. The van der Waals surface area contributed by atoms with E-state index in [4.69, 9.17) is 15.2 Å². The molecule has 0 spiro atoms. The van der Waals surface area contributed by atoms with Gasteiger partial charge in [0.2, 0.25) is 0 Å². The molecule has 2 rings (SSSR count). The van der Waals surface area contributed by atoms with Crippen LogP contribution in [0.4, 0.5) is 0 Å². The molecule has 0 bridgehead atoms. The van der Waals surface area contributed by atoms with Crippen LogP contribution in [0.1, 0.15) is 38.5 Å². The summed E-state index contributed by atoms with van der Waals surface area (Å²) in [5.74, 6) is 0.317. The van der Waals surface area contributed by atoms with Crippen molar-refractivity contribution in [2.45, 2.75) is 50.2 Å². The number of aliphatic hydroxyl groups is 1. The lowest BCUT2D eigenvalue weighted by molar-refractivity contribution is -0.0186. The van der Waals surface area contributed by atoms with Crippen LogP contribution < -0.4 is 5.73 Å². The van der Waals surface area contributed by atoms with Crippen LogP contribution in [0.5, 0.6) is 0 Å². The van der Waals surface area contributed by atoms with Crippen molar-refractivity contribution in [2.24, 2.45) is 11.7 Å². The van der Waals surface area contributed by atoms with Gasteiger partial charge >= 0.3 is 0 Å². The summed E-state index contributed by atoms with van der Waals surface area (Å²) in [6, 6.07) is 0. The number of ether oxygens (including phenoxy) is 2. The molecule has 1 heterocycles. The molecule has 17 heavy (non-hydrogen) atoms. The van der Waals surface area contributed by atoms with Gasteiger partial charge < -0.3 is 20.3 Å². The summed E-state index contributed by atoms with van der Waals surface area (Å²) in [6.07, 6.45) is 6.51. The van der Waals surface area contributed by atoms with Crippen molar-refractivity contribution in [3.63, 3.8) is 0 Å². The van der Waals surface area contributed by atoms with Gasteiger partial charge in [-0.3, -0.25) is 0 Å². The van der Waals surface area contributed by atoms with Gasteiger partial charge in [0.15, 0.2) is 0 Å². The first kappa shape index (κ1) is 13.3. The molecule has 2 fully saturated rings. The zero-order chi connectivity index (χ0) is 12.1. The maximum atomic E-state index is 10.3. The second-order valence-corrected chi connectivity index (χ2v) is 5.40. The van der Waals surface area contributed by atoms with E-state index in [1.807, 2.05) is 0 Å². The molecule has 3 unspecified atom stereocenters. The van der Waals surface area contributed by atoms with E-state index in [1.54, 1.807) is 0 Å². The SMILES string of the molecule is NCC1(O)CCCC1CCOCC1CCCO1. The third kappa shape index (κ3) is 3.41. The van der Waals surface area contributed by atoms with Gasteiger partial charge in [0.25, 0.3) is 0 Å². The molecular weight excluding hydrogens is 218 g/mol. The Hall–Kier alpha value is -0.160. The van der Waals surface area contributed by atoms with Crippen LogP contribution in [-0.2, 0) is 9.47 Å². The Balaban J connectivity index is 1.61. The van der Waals surface area contributed by atoms with Crippen LogP contribution in [-0.4, -0.2) is 43.2 Å². The maximum Gasteiger partial charge on any atom is 0.0809 e. The van der Waals surface area contributed by atoms with Crippen LogP contribution >= 0.6 is 0 Å². The summed E-state index contributed by atoms with van der Waals surface area (Å²) >= 11 is 0. The quantitative estimate of drug-likeness (QED) is 0.685. The van der Waals surface area contributed by atoms with Gasteiger partial charge in [0, 0.05) is 19.8 Å². The van der Waals surface area contributed by atoms with Crippen molar-refractivity contribution in [1.82, 2.24) is 0 Å². The van der Waals surface area contributed by atoms with Crippen molar-refractivity contribution in [2.75, 3.05) is 26.4 Å². The zero-order valence-electron chi connectivity index (χ0n) is 10.6. The van der Waals surface area contributed by atoms with E-state index in [2.05, 4.69) is 0 Å². The number of rotatable bonds is 6. The highest BCUT2D eigenvalue weighted by Crippen LogP contribution is 2.37. The molecular formula is C13H25NO3. The Kier molecular flexibility index (Phi) is 4.79. The Morgan fingerprint density at radius 2 is 2.24 bits per heavy atom. The van der Waals surface area contributed by atoms with E-state index in [9.17, 15) is 5.11 Å². The summed E-state index contributed by atoms with van der Waals surface area (Å²) in [5.41, 5.74) is 5.02. The van der Waals surface area contributed by atoms with Crippen LogP contribution in [0.3, 0.4) is 0 Å². The second-order valence-electron chi connectivity index (χ2n) is 5.40. The smallest absolute Gasteiger partial charge is 0.0809 e. The molecule has 4 heteroatoms. The Morgan fingerprint density at radius 1 is 1.35 bits per heavy atom. The van der Waals surface area contributed by atoms with Crippen LogP contribution in [0, 0.1) is 5.92 Å². The third-order valence-electron chi connectivity index (χ3n) is 4.21. The van der Waals surface area contributed by atoms with Crippen molar-refractivity contribution in [1.29, 1.82) is 0 Å². The average Bonchev–Trinajstić information content (AvgIpc) is 2.95. The first-order chi connectivity index (χ1) is 8.24. The molecule has 1 saturated carbocycles. The minimum atomic E-state index is -0.632. The van der Waals surface area contributed by atoms with E-state index >= 15 is 0 Å². The van der Waals surface area contributed by atoms with E-state index < -0.39 is 5.60 Å². The van der Waals surface area contributed by atoms with E-state index in [0.717, 1.165) is 45.1 Å². The molecule has 100 valence electrons. The molecule has 2 aliphatic rings. The fraction of sp³-hybridized carbons (Fsp3) is 1.00. The highest BCUT2D eigenvalue weighted by atomic mass is 16.5. The largest absolute Gasteiger partial charge is 0.388 e. The number of hydrogen-bond donors (Lipinski definition) is 2. The predicted octanol–water partition coefficient (Wildman–Crippen LogP) is 1.06. The second kappa shape index (κ2) is 6.14. The first-order valence-corrected chi connectivity index (χ1v) is 6.86. The number of hydrogen-bond acceptors (Lipinski definition) is 4. The predicted molar refractivity (Wildman–Crippen MR) is 65.8 cm³/mol. The molecule has 0 radical (unpaired) electrons. The lowest BCUT2D eigenvalue weighted by atomic mass is 9.88. The molecule has 0 amide bonds. The van der Waals surface area contributed by atoms with E-state index in [-0.39, 0.29) is 0 Å². The summed E-state index contributed by atoms with van der Waals surface area (Å²) in [6.45, 7) is 2.67. The van der Waals surface area contributed by atoms with Crippen LogP contribution in [0.25, 0.3) is 0 Å². The minimum Gasteiger partial charge on any atom is -0.388 e. The van der Waals surface area contributed by atoms with Crippen molar-refractivity contribution < 1.29 is 14.6 Å². The van der Waals surface area contributed by atoms with E-state index in [1.165, 1.54) is 0 Å². The molecule has 0 aromatic carbocycles. The first-order valence-electron chi connectivity index (χ1n) is 6.86. The molecule has 3 N–H and O–H groups in total. The van der Waals surface area contributed by atoms with Gasteiger partial charge in [-0.2, -0.15) is 0 Å². The lowest BCUT2D eigenvalue weighted by Gasteiger charge is -2.28. The van der Waals surface area contributed by atoms with Crippen molar-refractivity contribution in [3.05, 3.63) is 0 Å². The highest BCUT2D eigenvalue weighted by Gasteiger charge is 2.39. The van der Waals surface area contributed by atoms with Gasteiger partial charge in [-0.05, 0) is 38.0 Å². The number of nitrogens with two attached hydrogens (primary N) is 1. The van der Waals surface area contributed by atoms with Gasteiger partial charge in [0.05, 0.1) is 18.3 Å². The fourth-order valence-electron chi connectivity index (χ4n) is 3.03. The van der Waals surface area contributed by atoms with E-state index in [0.29, 0.717) is 31.8 Å². The topological polar surface area (TPSA) is 64.7 Å². The molecule has 0 aromatic rings. The van der Waals surface area contributed by atoms with Crippen molar-refractivity contribution >= 4 is 0 Å². The van der Waals surface area contributed by atoms with Crippen molar-refractivity contribution in [3.8, 4) is 0 Å². The monoisotopic (exact) mass is 243 g/mol. The fourth-order valence-corrected chi connectivity index (χ4v) is 3.03. The molecule has 4 nitrogen and oxygen atoms in total. The summed E-state index contributed by atoms with van der Waals surface area (Å²) in [4.78, 5) is 0. The normalized spacial score (nSPS) is 37.8. The minimum absolute atomic E-state index is 0.298. The summed E-state index contributed by atoms with van der Waals surface area (Å²) in [5, 5.41) is 10.3. The third-order valence-corrected chi connectivity index (χ3v) is 4.21. The maximum absolute atomic E-state index is 10.3. The Bertz CT molecular complexity index is 231. The molecule has 3 atom stereocenters. The molecule has 0 aromatic heterocycles. The molecule has 1 aliphatic heterocycles. The molecule has 1 aliphatic carbocycles. The average molecular weight is 243 g/mol. The van der Waals surface area contributed by atoms with Gasteiger partial charge in [-0.25, -0.2) is 0 Å². The Labute approximate surface area is 103 Å². The van der Waals surface area contributed by atoms with Crippen LogP contribution in [0.2, 0.25) is 0 Å². The van der Waals surface area contributed by atoms with Crippen LogP contribution in [0.15, 0.2) is 0 Å².